The molecule has 3 rings (SSSR count). The molecule has 1 fully saturated rings. The first-order chi connectivity index (χ1) is 12.0. The zero-order chi connectivity index (χ0) is 18.0. The van der Waals surface area contributed by atoms with Gasteiger partial charge in [-0.3, -0.25) is 14.5 Å². The van der Waals surface area contributed by atoms with Crippen LogP contribution < -0.4 is 0 Å². The normalized spacial score (nSPS) is 15.4. The maximum atomic E-state index is 11.4. The van der Waals surface area contributed by atoms with E-state index in [1.165, 1.54) is 0 Å². The average molecular weight is 342 g/mol. The lowest BCUT2D eigenvalue weighted by Gasteiger charge is -2.23. The van der Waals surface area contributed by atoms with Crippen LogP contribution in [-0.2, 0) is 16.1 Å². The van der Waals surface area contributed by atoms with E-state index in [1.807, 2.05) is 25.3 Å². The number of rotatable bonds is 4. The number of pyridine rings is 1. The largest absolute Gasteiger partial charge is 0.381 e. The quantitative estimate of drug-likeness (QED) is 0.857. The molecule has 3 heterocycles. The number of hydrogen-bond donors (Lipinski definition) is 0. The number of carbonyl (C=O) groups is 1. The van der Waals surface area contributed by atoms with Crippen LogP contribution in [0.3, 0.4) is 0 Å². The van der Waals surface area contributed by atoms with Crippen LogP contribution in [0.15, 0.2) is 18.3 Å². The van der Waals surface area contributed by atoms with Crippen LogP contribution >= 0.6 is 0 Å². The Morgan fingerprint density at radius 1 is 1.32 bits per heavy atom. The van der Waals surface area contributed by atoms with Gasteiger partial charge in [0.2, 0.25) is 5.91 Å². The van der Waals surface area contributed by atoms with Crippen molar-refractivity contribution in [2.45, 2.75) is 46.2 Å². The molecule has 6 nitrogen and oxygen atoms in total. The number of aromatic nitrogens is 3. The zero-order valence-corrected chi connectivity index (χ0v) is 15.5. The molecular weight excluding hydrogens is 316 g/mol. The summed E-state index contributed by atoms with van der Waals surface area (Å²) in [5, 5.41) is 4.77. The van der Waals surface area contributed by atoms with Crippen molar-refractivity contribution in [3.05, 3.63) is 35.3 Å². The molecule has 1 amide bonds. The number of aryl methyl sites for hydroxylation is 1. The summed E-state index contributed by atoms with van der Waals surface area (Å²) in [6, 6.07) is 4.46. The van der Waals surface area contributed by atoms with E-state index in [0.29, 0.717) is 12.6 Å². The molecule has 0 N–H and O–H groups in total. The van der Waals surface area contributed by atoms with Crippen LogP contribution in [0.4, 0.5) is 0 Å². The van der Waals surface area contributed by atoms with Gasteiger partial charge in [0, 0.05) is 51.2 Å². The van der Waals surface area contributed by atoms with Gasteiger partial charge < -0.3 is 9.64 Å². The summed E-state index contributed by atoms with van der Waals surface area (Å²) < 4.78 is 7.61. The lowest BCUT2D eigenvalue weighted by Crippen LogP contribution is -2.23. The number of nitrogens with zero attached hydrogens (tertiary/aromatic N) is 4. The molecule has 6 heteroatoms. The third kappa shape index (κ3) is 3.74. The van der Waals surface area contributed by atoms with Crippen LogP contribution in [0, 0.1) is 13.8 Å². The van der Waals surface area contributed by atoms with E-state index in [-0.39, 0.29) is 5.91 Å². The molecule has 0 atom stereocenters. The van der Waals surface area contributed by atoms with Crippen molar-refractivity contribution in [2.24, 2.45) is 0 Å². The summed E-state index contributed by atoms with van der Waals surface area (Å²) in [6.07, 6.45) is 3.86. The maximum Gasteiger partial charge on any atom is 0.219 e. The average Bonchev–Trinajstić information content (AvgIpc) is 2.91. The third-order valence-corrected chi connectivity index (χ3v) is 4.90. The Morgan fingerprint density at radius 2 is 2.04 bits per heavy atom. The Balaban J connectivity index is 1.84. The fraction of sp³-hybridized carbons (Fsp3) is 0.526. The zero-order valence-electron chi connectivity index (χ0n) is 15.5. The number of hydrogen-bond acceptors (Lipinski definition) is 4. The third-order valence-electron chi connectivity index (χ3n) is 4.90. The van der Waals surface area contributed by atoms with Gasteiger partial charge in [0.25, 0.3) is 0 Å². The number of ether oxygens (including phenoxy) is 1. The molecule has 2 aromatic heterocycles. The van der Waals surface area contributed by atoms with E-state index in [9.17, 15) is 4.79 Å². The van der Waals surface area contributed by atoms with Gasteiger partial charge in [-0.25, -0.2) is 0 Å². The molecule has 134 valence electrons. The standard InChI is InChI=1S/C19H26N4O2/c1-13-19(14(2)23(21-13)17-7-9-25-10-8-17)18-6-5-16(11-20-18)12-22(4)15(3)24/h5-6,11,17H,7-10,12H2,1-4H3. The summed E-state index contributed by atoms with van der Waals surface area (Å²) in [6.45, 7) is 7.90. The molecule has 0 radical (unpaired) electrons. The van der Waals surface area contributed by atoms with Crippen LogP contribution in [0.2, 0.25) is 0 Å². The lowest BCUT2D eigenvalue weighted by atomic mass is 10.1. The summed E-state index contributed by atoms with van der Waals surface area (Å²) >= 11 is 0. The predicted molar refractivity (Wildman–Crippen MR) is 96.2 cm³/mol. The molecule has 1 aliphatic rings. The molecule has 0 saturated carbocycles. The second-order valence-corrected chi connectivity index (χ2v) is 6.76. The Bertz CT molecular complexity index is 746. The van der Waals surface area contributed by atoms with Crippen molar-refractivity contribution in [1.82, 2.24) is 19.7 Å². The second-order valence-electron chi connectivity index (χ2n) is 6.76. The molecule has 1 saturated heterocycles. The molecule has 1 aliphatic heterocycles. The highest BCUT2D eigenvalue weighted by Gasteiger charge is 2.22. The van der Waals surface area contributed by atoms with Gasteiger partial charge in [0.05, 0.1) is 17.4 Å². The summed E-state index contributed by atoms with van der Waals surface area (Å²) in [5.41, 5.74) is 5.23. The SMILES string of the molecule is CC(=O)N(C)Cc1ccc(-c2c(C)nn(C3CCOCC3)c2C)nc1. The molecule has 0 spiro atoms. The van der Waals surface area contributed by atoms with Gasteiger partial charge >= 0.3 is 0 Å². The monoisotopic (exact) mass is 342 g/mol. The fourth-order valence-electron chi connectivity index (χ4n) is 3.37. The minimum absolute atomic E-state index is 0.0495. The van der Waals surface area contributed by atoms with E-state index in [0.717, 1.165) is 54.3 Å². The Kier molecular flexibility index (Phi) is 5.18. The second kappa shape index (κ2) is 7.35. The number of amides is 1. The van der Waals surface area contributed by atoms with Crippen molar-refractivity contribution in [3.8, 4) is 11.3 Å². The van der Waals surface area contributed by atoms with Crippen LogP contribution in [0.25, 0.3) is 11.3 Å². The van der Waals surface area contributed by atoms with Crippen LogP contribution in [0.1, 0.15) is 42.8 Å². The molecule has 0 unspecified atom stereocenters. The molecule has 25 heavy (non-hydrogen) atoms. The Labute approximate surface area is 148 Å². The summed E-state index contributed by atoms with van der Waals surface area (Å²) in [5.74, 6) is 0.0495. The molecule has 0 aromatic carbocycles. The first-order valence-corrected chi connectivity index (χ1v) is 8.78. The highest BCUT2D eigenvalue weighted by Crippen LogP contribution is 2.30. The first kappa shape index (κ1) is 17.6. The molecule has 2 aromatic rings. The summed E-state index contributed by atoms with van der Waals surface area (Å²) in [7, 11) is 1.79. The van der Waals surface area contributed by atoms with E-state index >= 15 is 0 Å². The Hall–Kier alpha value is -2.21. The molecule has 0 aliphatic carbocycles. The molecular formula is C19H26N4O2. The van der Waals surface area contributed by atoms with Gasteiger partial charge in [-0.2, -0.15) is 5.10 Å². The van der Waals surface area contributed by atoms with Crippen LogP contribution in [0.5, 0.6) is 0 Å². The topological polar surface area (TPSA) is 60.2 Å². The van der Waals surface area contributed by atoms with E-state index in [2.05, 4.69) is 16.6 Å². The minimum atomic E-state index is 0.0495. The smallest absolute Gasteiger partial charge is 0.219 e. The first-order valence-electron chi connectivity index (χ1n) is 8.78. The van der Waals surface area contributed by atoms with Gasteiger partial charge in [-0.1, -0.05) is 6.07 Å². The van der Waals surface area contributed by atoms with E-state index < -0.39 is 0 Å². The van der Waals surface area contributed by atoms with Gasteiger partial charge in [-0.05, 0) is 38.3 Å². The van der Waals surface area contributed by atoms with Crippen molar-refractivity contribution < 1.29 is 9.53 Å². The summed E-state index contributed by atoms with van der Waals surface area (Å²) in [4.78, 5) is 17.7. The highest BCUT2D eigenvalue weighted by atomic mass is 16.5. The minimum Gasteiger partial charge on any atom is -0.381 e. The van der Waals surface area contributed by atoms with E-state index in [4.69, 9.17) is 9.84 Å². The van der Waals surface area contributed by atoms with Gasteiger partial charge in [0.15, 0.2) is 0 Å². The van der Waals surface area contributed by atoms with Crippen molar-refractivity contribution in [1.29, 1.82) is 0 Å². The van der Waals surface area contributed by atoms with Crippen molar-refractivity contribution in [3.63, 3.8) is 0 Å². The molecule has 0 bridgehead atoms. The van der Waals surface area contributed by atoms with Gasteiger partial charge in [-0.15, -0.1) is 0 Å². The van der Waals surface area contributed by atoms with E-state index in [1.54, 1.807) is 18.9 Å². The Morgan fingerprint density at radius 3 is 2.64 bits per heavy atom. The highest BCUT2D eigenvalue weighted by molar-refractivity contribution is 5.72. The number of carbonyl (C=O) groups excluding carboxylic acids is 1. The lowest BCUT2D eigenvalue weighted by molar-refractivity contribution is -0.128. The van der Waals surface area contributed by atoms with Crippen LogP contribution in [-0.4, -0.2) is 45.8 Å². The maximum absolute atomic E-state index is 11.4. The van der Waals surface area contributed by atoms with Gasteiger partial charge in [0.1, 0.15) is 0 Å². The predicted octanol–water partition coefficient (Wildman–Crippen LogP) is 2.89. The van der Waals surface area contributed by atoms with Crippen molar-refractivity contribution >= 4 is 5.91 Å². The van der Waals surface area contributed by atoms with Crippen molar-refractivity contribution in [2.75, 3.05) is 20.3 Å². The fourth-order valence-corrected chi connectivity index (χ4v) is 3.37.